The number of amides is 2. The largest absolute Gasteiger partial charge is 0.507 e. The molecular weight excluding hydrogens is 409 g/mol. The fraction of sp³-hybridized carbons (Fsp3) is 0.160. The Labute approximate surface area is 185 Å². The smallest absolute Gasteiger partial charge is 0.273 e. The first-order valence-electron chi connectivity index (χ1n) is 9.99. The first kappa shape index (κ1) is 22.7. The van der Waals surface area contributed by atoms with Crippen molar-refractivity contribution in [3.8, 4) is 5.75 Å². The van der Waals surface area contributed by atoms with Crippen LogP contribution < -0.4 is 10.7 Å². The Morgan fingerprint density at radius 3 is 2.25 bits per heavy atom. The van der Waals surface area contributed by atoms with Gasteiger partial charge in [-0.3, -0.25) is 9.59 Å². The second-order valence-corrected chi connectivity index (χ2v) is 8.17. The number of phenolic OH excluding ortho intramolecular Hbond substituents is 1. The molecule has 3 aromatic rings. The van der Waals surface area contributed by atoms with Crippen molar-refractivity contribution in [1.82, 2.24) is 5.43 Å². The SMILES string of the molecule is CC(C)(C)c1cccc(/C=N\NC(=O)c2ccccc2NC(=O)c2ccccc2F)c1O. The first-order valence-corrected chi connectivity index (χ1v) is 9.99. The van der Waals surface area contributed by atoms with Crippen LogP contribution in [-0.2, 0) is 5.41 Å². The number of carbonyl (C=O) groups excluding carboxylic acids is 2. The van der Waals surface area contributed by atoms with Crippen LogP contribution in [0.5, 0.6) is 5.75 Å². The van der Waals surface area contributed by atoms with Gasteiger partial charge in [0.15, 0.2) is 0 Å². The Balaban J connectivity index is 1.76. The molecule has 3 N–H and O–H groups in total. The van der Waals surface area contributed by atoms with Gasteiger partial charge >= 0.3 is 0 Å². The van der Waals surface area contributed by atoms with E-state index >= 15 is 0 Å². The van der Waals surface area contributed by atoms with Gasteiger partial charge < -0.3 is 10.4 Å². The number of para-hydroxylation sites is 2. The zero-order chi connectivity index (χ0) is 23.3. The maximum atomic E-state index is 13.9. The molecule has 3 rings (SSSR count). The van der Waals surface area contributed by atoms with Gasteiger partial charge in [-0.15, -0.1) is 0 Å². The molecule has 2 amide bonds. The number of nitrogens with one attached hydrogen (secondary N) is 2. The minimum atomic E-state index is -0.671. The lowest BCUT2D eigenvalue weighted by atomic mass is 9.85. The second kappa shape index (κ2) is 9.43. The number of halogens is 1. The summed E-state index contributed by atoms with van der Waals surface area (Å²) in [6.07, 6.45) is 1.35. The summed E-state index contributed by atoms with van der Waals surface area (Å²) < 4.78 is 13.9. The summed E-state index contributed by atoms with van der Waals surface area (Å²) in [5.41, 5.74) is 3.59. The molecule has 0 fully saturated rings. The van der Waals surface area contributed by atoms with Crippen LogP contribution in [0.2, 0.25) is 0 Å². The van der Waals surface area contributed by atoms with Crippen molar-refractivity contribution >= 4 is 23.7 Å². The molecule has 0 aliphatic carbocycles. The zero-order valence-corrected chi connectivity index (χ0v) is 18.0. The zero-order valence-electron chi connectivity index (χ0n) is 18.0. The number of rotatable bonds is 5. The molecule has 0 saturated heterocycles. The minimum Gasteiger partial charge on any atom is -0.507 e. The molecule has 0 radical (unpaired) electrons. The number of benzene rings is 3. The number of hydrogen-bond acceptors (Lipinski definition) is 4. The van der Waals surface area contributed by atoms with Crippen LogP contribution in [0.4, 0.5) is 10.1 Å². The second-order valence-electron chi connectivity index (χ2n) is 8.17. The Kier molecular flexibility index (Phi) is 6.68. The number of nitrogens with zero attached hydrogens (tertiary/aromatic N) is 1. The van der Waals surface area contributed by atoms with E-state index in [4.69, 9.17) is 0 Å². The normalized spacial score (nSPS) is 11.4. The average molecular weight is 433 g/mol. The molecule has 7 heteroatoms. The summed E-state index contributed by atoms with van der Waals surface area (Å²) in [6.45, 7) is 5.95. The Morgan fingerprint density at radius 1 is 0.906 bits per heavy atom. The van der Waals surface area contributed by atoms with Crippen molar-refractivity contribution in [3.63, 3.8) is 0 Å². The van der Waals surface area contributed by atoms with Crippen molar-refractivity contribution in [1.29, 1.82) is 0 Å². The summed E-state index contributed by atoms with van der Waals surface area (Å²) >= 11 is 0. The van der Waals surface area contributed by atoms with E-state index in [9.17, 15) is 19.1 Å². The third-order valence-electron chi connectivity index (χ3n) is 4.78. The third-order valence-corrected chi connectivity index (χ3v) is 4.78. The predicted octanol–water partition coefficient (Wildman–Crippen LogP) is 4.85. The molecular formula is C25H24FN3O3. The van der Waals surface area contributed by atoms with Crippen LogP contribution in [0.3, 0.4) is 0 Å². The fourth-order valence-electron chi connectivity index (χ4n) is 3.12. The van der Waals surface area contributed by atoms with E-state index in [2.05, 4.69) is 15.8 Å². The van der Waals surface area contributed by atoms with Crippen molar-refractivity contribution < 1.29 is 19.1 Å². The Bertz CT molecular complexity index is 1180. The lowest BCUT2D eigenvalue weighted by Gasteiger charge is -2.21. The molecule has 6 nitrogen and oxygen atoms in total. The van der Waals surface area contributed by atoms with Gasteiger partial charge in [-0.25, -0.2) is 9.82 Å². The van der Waals surface area contributed by atoms with E-state index in [0.717, 1.165) is 5.56 Å². The molecule has 0 atom stereocenters. The standard InChI is InChI=1S/C25H24FN3O3/c1-25(2,3)19-12-8-9-16(22(19)30)15-27-29-24(32)18-11-5-7-14-21(18)28-23(31)17-10-4-6-13-20(17)26/h4-15,30H,1-3H3,(H,28,31)(H,29,32)/b27-15-. The first-order chi connectivity index (χ1) is 15.2. The molecule has 32 heavy (non-hydrogen) atoms. The van der Waals surface area contributed by atoms with Crippen LogP contribution in [0.15, 0.2) is 71.8 Å². The lowest BCUT2D eigenvalue weighted by molar-refractivity contribution is 0.0956. The van der Waals surface area contributed by atoms with E-state index in [1.165, 1.54) is 36.5 Å². The summed E-state index contributed by atoms with van der Waals surface area (Å²) in [5, 5.41) is 17.0. The molecule has 0 heterocycles. The monoisotopic (exact) mass is 433 g/mol. The summed E-state index contributed by atoms with van der Waals surface area (Å²) in [4.78, 5) is 25.1. The molecule has 164 valence electrons. The maximum absolute atomic E-state index is 13.9. The molecule has 0 unspecified atom stereocenters. The molecule has 3 aromatic carbocycles. The quantitative estimate of drug-likeness (QED) is 0.397. The molecule has 0 aliphatic heterocycles. The van der Waals surface area contributed by atoms with Crippen LogP contribution in [0.1, 0.15) is 52.6 Å². The van der Waals surface area contributed by atoms with Gasteiger partial charge in [-0.1, -0.05) is 57.2 Å². The molecule has 0 aromatic heterocycles. The van der Waals surface area contributed by atoms with Crippen molar-refractivity contribution in [2.45, 2.75) is 26.2 Å². The molecule has 0 saturated carbocycles. The topological polar surface area (TPSA) is 90.8 Å². The third kappa shape index (κ3) is 5.18. The number of hydrazone groups is 1. The molecule has 0 aliphatic rings. The summed E-state index contributed by atoms with van der Waals surface area (Å²) in [5.74, 6) is -1.81. The van der Waals surface area contributed by atoms with Gasteiger partial charge in [-0.05, 0) is 41.3 Å². The van der Waals surface area contributed by atoms with Crippen molar-refractivity contribution in [3.05, 3.63) is 94.8 Å². The molecule has 0 bridgehead atoms. The van der Waals surface area contributed by atoms with Crippen LogP contribution in [0, 0.1) is 5.82 Å². The number of carbonyl (C=O) groups is 2. The Morgan fingerprint density at radius 2 is 1.56 bits per heavy atom. The van der Waals surface area contributed by atoms with Crippen molar-refractivity contribution in [2.24, 2.45) is 5.10 Å². The maximum Gasteiger partial charge on any atom is 0.273 e. The van der Waals surface area contributed by atoms with Gasteiger partial charge in [0, 0.05) is 5.56 Å². The van der Waals surface area contributed by atoms with Crippen molar-refractivity contribution in [2.75, 3.05) is 5.32 Å². The predicted molar refractivity (Wildman–Crippen MR) is 123 cm³/mol. The number of hydrogen-bond donors (Lipinski definition) is 3. The van der Waals surface area contributed by atoms with E-state index in [0.29, 0.717) is 5.56 Å². The lowest BCUT2D eigenvalue weighted by Crippen LogP contribution is -2.21. The number of aromatic hydroxyl groups is 1. The van der Waals surface area contributed by atoms with E-state index in [1.807, 2.05) is 26.8 Å². The van der Waals surface area contributed by atoms with Crippen LogP contribution in [0.25, 0.3) is 0 Å². The fourth-order valence-corrected chi connectivity index (χ4v) is 3.12. The van der Waals surface area contributed by atoms with Crippen LogP contribution in [-0.4, -0.2) is 23.1 Å². The minimum absolute atomic E-state index is 0.0931. The van der Waals surface area contributed by atoms with Gasteiger partial charge in [0.2, 0.25) is 0 Å². The average Bonchev–Trinajstić information content (AvgIpc) is 2.74. The van der Waals surface area contributed by atoms with E-state index < -0.39 is 17.6 Å². The number of anilines is 1. The van der Waals surface area contributed by atoms with Gasteiger partial charge in [0.1, 0.15) is 11.6 Å². The van der Waals surface area contributed by atoms with Gasteiger partial charge in [-0.2, -0.15) is 5.10 Å². The highest BCUT2D eigenvalue weighted by Crippen LogP contribution is 2.32. The molecule has 0 spiro atoms. The van der Waals surface area contributed by atoms with Gasteiger partial charge in [0.05, 0.1) is 23.0 Å². The van der Waals surface area contributed by atoms with Crippen LogP contribution >= 0.6 is 0 Å². The van der Waals surface area contributed by atoms with E-state index in [-0.39, 0.29) is 28.0 Å². The highest BCUT2D eigenvalue weighted by Gasteiger charge is 2.19. The summed E-state index contributed by atoms with van der Waals surface area (Å²) in [6, 6.07) is 17.2. The van der Waals surface area contributed by atoms with E-state index in [1.54, 1.807) is 30.3 Å². The highest BCUT2D eigenvalue weighted by molar-refractivity contribution is 6.09. The highest BCUT2D eigenvalue weighted by atomic mass is 19.1. The number of phenols is 1. The Hall–Kier alpha value is -4.00. The van der Waals surface area contributed by atoms with Gasteiger partial charge in [0.25, 0.3) is 11.8 Å². The summed E-state index contributed by atoms with van der Waals surface area (Å²) in [7, 11) is 0.